The summed E-state index contributed by atoms with van der Waals surface area (Å²) in [4.78, 5) is 0. The van der Waals surface area contributed by atoms with Gasteiger partial charge in [-0.25, -0.2) is 0 Å². The number of aryl methyl sites for hydroxylation is 1. The molecule has 0 bridgehead atoms. The first-order chi connectivity index (χ1) is 8.85. The van der Waals surface area contributed by atoms with Crippen LogP contribution in [0.1, 0.15) is 23.6 Å². The molecule has 1 N–H and O–H groups in total. The smallest absolute Gasteiger partial charge is 0.102 e. The molecule has 0 amide bonds. The van der Waals surface area contributed by atoms with E-state index >= 15 is 0 Å². The minimum absolute atomic E-state index is 0.739. The summed E-state index contributed by atoms with van der Waals surface area (Å²) in [6.45, 7) is 2.81. The van der Waals surface area contributed by atoms with Crippen LogP contribution in [0.4, 0.5) is 5.69 Å². The second kappa shape index (κ2) is 5.88. The van der Waals surface area contributed by atoms with Crippen LogP contribution in [0.25, 0.3) is 0 Å². The summed E-state index contributed by atoms with van der Waals surface area (Å²) in [5, 5.41) is 12.6. The van der Waals surface area contributed by atoms with E-state index in [-0.39, 0.29) is 0 Å². The molecule has 0 radical (unpaired) electrons. The van der Waals surface area contributed by atoms with Crippen molar-refractivity contribution in [3.8, 4) is 6.07 Å². The predicted octanol–water partition coefficient (Wildman–Crippen LogP) is 3.73. The van der Waals surface area contributed by atoms with Crippen molar-refractivity contribution in [2.45, 2.75) is 19.9 Å². The monoisotopic (exact) mass is 236 g/mol. The highest BCUT2D eigenvalue weighted by Gasteiger charge is 2.05. The van der Waals surface area contributed by atoms with E-state index < -0.39 is 0 Å². The fraction of sp³-hybridized carbons (Fsp3) is 0.188. The van der Waals surface area contributed by atoms with Crippen LogP contribution < -0.4 is 5.32 Å². The number of hydrogen-bond donors (Lipinski definition) is 1. The lowest BCUT2D eigenvalue weighted by Crippen LogP contribution is -2.02. The lowest BCUT2D eigenvalue weighted by atomic mass is 10.0. The van der Waals surface area contributed by atoms with Gasteiger partial charge in [-0.05, 0) is 23.6 Å². The first kappa shape index (κ1) is 12.2. The molecule has 0 fully saturated rings. The molecule has 18 heavy (non-hydrogen) atoms. The van der Waals surface area contributed by atoms with E-state index in [1.54, 1.807) is 0 Å². The van der Waals surface area contributed by atoms with Crippen LogP contribution in [0.5, 0.6) is 0 Å². The number of anilines is 1. The van der Waals surface area contributed by atoms with Crippen molar-refractivity contribution in [3.63, 3.8) is 0 Å². The van der Waals surface area contributed by atoms with E-state index in [0.717, 1.165) is 29.8 Å². The third kappa shape index (κ3) is 2.70. The number of hydrogen-bond acceptors (Lipinski definition) is 2. The summed E-state index contributed by atoms with van der Waals surface area (Å²) >= 11 is 0. The molecule has 2 rings (SSSR count). The van der Waals surface area contributed by atoms with Gasteiger partial charge in [0.05, 0.1) is 11.3 Å². The molecule has 0 unspecified atom stereocenters. The van der Waals surface area contributed by atoms with E-state index in [9.17, 15) is 5.26 Å². The largest absolute Gasteiger partial charge is 0.380 e. The molecule has 2 nitrogen and oxygen atoms in total. The normalized spacial score (nSPS) is 9.78. The predicted molar refractivity (Wildman–Crippen MR) is 74.3 cm³/mol. The van der Waals surface area contributed by atoms with Gasteiger partial charge < -0.3 is 5.32 Å². The van der Waals surface area contributed by atoms with E-state index in [1.165, 1.54) is 5.56 Å². The minimum atomic E-state index is 0.739. The molecule has 0 saturated carbocycles. The Labute approximate surface area is 108 Å². The SMILES string of the molecule is CCc1cccc(NCc2ccccc2)c1C#N. The molecule has 90 valence electrons. The van der Waals surface area contributed by atoms with Crippen molar-refractivity contribution in [3.05, 3.63) is 65.2 Å². The highest BCUT2D eigenvalue weighted by atomic mass is 14.9. The molecule has 0 atom stereocenters. The highest BCUT2D eigenvalue weighted by Crippen LogP contribution is 2.20. The van der Waals surface area contributed by atoms with Gasteiger partial charge in [-0.3, -0.25) is 0 Å². The summed E-state index contributed by atoms with van der Waals surface area (Å²) in [5.74, 6) is 0. The maximum absolute atomic E-state index is 9.24. The Kier molecular flexibility index (Phi) is 3.98. The number of nitrogens with one attached hydrogen (secondary N) is 1. The van der Waals surface area contributed by atoms with Crippen molar-refractivity contribution in [2.75, 3.05) is 5.32 Å². The van der Waals surface area contributed by atoms with Crippen molar-refractivity contribution < 1.29 is 0 Å². The second-order valence-electron chi connectivity index (χ2n) is 4.14. The topological polar surface area (TPSA) is 35.8 Å². The third-order valence-electron chi connectivity index (χ3n) is 2.97. The summed E-state index contributed by atoms with van der Waals surface area (Å²) in [6.07, 6.45) is 0.879. The Balaban J connectivity index is 2.17. The maximum atomic E-state index is 9.24. The Hall–Kier alpha value is -2.27. The Morgan fingerprint density at radius 2 is 1.83 bits per heavy atom. The lowest BCUT2D eigenvalue weighted by Gasteiger charge is -2.10. The summed E-state index contributed by atoms with van der Waals surface area (Å²) in [5.41, 5.74) is 3.98. The fourth-order valence-electron chi connectivity index (χ4n) is 1.97. The highest BCUT2D eigenvalue weighted by molar-refractivity contribution is 5.61. The van der Waals surface area contributed by atoms with Gasteiger partial charge in [0.25, 0.3) is 0 Å². The molecule has 0 aromatic heterocycles. The second-order valence-corrected chi connectivity index (χ2v) is 4.14. The van der Waals surface area contributed by atoms with Gasteiger partial charge >= 0.3 is 0 Å². The van der Waals surface area contributed by atoms with Gasteiger partial charge in [0.2, 0.25) is 0 Å². The first-order valence-corrected chi connectivity index (χ1v) is 6.15. The average Bonchev–Trinajstić information content (AvgIpc) is 2.45. The van der Waals surface area contributed by atoms with E-state index in [4.69, 9.17) is 0 Å². The zero-order valence-electron chi connectivity index (χ0n) is 10.5. The molecular formula is C16H16N2. The van der Waals surface area contributed by atoms with Gasteiger partial charge in [0.1, 0.15) is 6.07 Å². The van der Waals surface area contributed by atoms with Crippen LogP contribution >= 0.6 is 0 Å². The average molecular weight is 236 g/mol. The van der Waals surface area contributed by atoms with Crippen LogP contribution in [-0.2, 0) is 13.0 Å². The molecular weight excluding hydrogens is 220 g/mol. The maximum Gasteiger partial charge on any atom is 0.102 e. The van der Waals surface area contributed by atoms with Crippen LogP contribution in [0.3, 0.4) is 0 Å². The van der Waals surface area contributed by atoms with E-state index in [0.29, 0.717) is 0 Å². The molecule has 0 saturated heterocycles. The zero-order chi connectivity index (χ0) is 12.8. The van der Waals surface area contributed by atoms with E-state index in [2.05, 4.69) is 30.4 Å². The standard InChI is InChI=1S/C16H16N2/c1-2-14-9-6-10-16(15(14)11-17)18-12-13-7-4-3-5-8-13/h3-10,18H,2,12H2,1H3. The molecule has 2 aromatic carbocycles. The van der Waals surface area contributed by atoms with Gasteiger partial charge in [0.15, 0.2) is 0 Å². The summed E-state index contributed by atoms with van der Waals surface area (Å²) in [7, 11) is 0. The molecule has 0 aliphatic carbocycles. The summed E-state index contributed by atoms with van der Waals surface area (Å²) < 4.78 is 0. The lowest BCUT2D eigenvalue weighted by molar-refractivity contribution is 1.10. The van der Waals surface area contributed by atoms with Gasteiger partial charge in [-0.2, -0.15) is 5.26 Å². The van der Waals surface area contributed by atoms with Crippen LogP contribution in [-0.4, -0.2) is 0 Å². The van der Waals surface area contributed by atoms with Crippen LogP contribution in [0.15, 0.2) is 48.5 Å². The van der Waals surface area contributed by atoms with Gasteiger partial charge in [0, 0.05) is 6.54 Å². The Morgan fingerprint density at radius 3 is 2.50 bits per heavy atom. The molecule has 0 aliphatic rings. The molecule has 2 aromatic rings. The molecule has 0 spiro atoms. The third-order valence-corrected chi connectivity index (χ3v) is 2.97. The van der Waals surface area contributed by atoms with Crippen LogP contribution in [0, 0.1) is 11.3 Å². The van der Waals surface area contributed by atoms with Crippen LogP contribution in [0.2, 0.25) is 0 Å². The minimum Gasteiger partial charge on any atom is -0.380 e. The van der Waals surface area contributed by atoms with Crippen molar-refractivity contribution in [2.24, 2.45) is 0 Å². The fourth-order valence-corrected chi connectivity index (χ4v) is 1.97. The van der Waals surface area contributed by atoms with Crippen molar-refractivity contribution in [1.29, 1.82) is 5.26 Å². The number of benzene rings is 2. The Morgan fingerprint density at radius 1 is 1.06 bits per heavy atom. The molecule has 0 aliphatic heterocycles. The zero-order valence-corrected chi connectivity index (χ0v) is 10.5. The van der Waals surface area contributed by atoms with Gasteiger partial charge in [-0.1, -0.05) is 49.4 Å². The van der Waals surface area contributed by atoms with Crippen molar-refractivity contribution in [1.82, 2.24) is 0 Å². The molecule has 2 heteroatoms. The first-order valence-electron chi connectivity index (χ1n) is 6.15. The van der Waals surface area contributed by atoms with Gasteiger partial charge in [-0.15, -0.1) is 0 Å². The van der Waals surface area contributed by atoms with E-state index in [1.807, 2.05) is 36.4 Å². The number of rotatable bonds is 4. The Bertz CT molecular complexity index is 553. The number of nitrogens with zero attached hydrogens (tertiary/aromatic N) is 1. The number of nitriles is 1. The molecule has 0 heterocycles. The quantitative estimate of drug-likeness (QED) is 0.878. The van der Waals surface area contributed by atoms with Crippen molar-refractivity contribution >= 4 is 5.69 Å². The summed E-state index contributed by atoms with van der Waals surface area (Å²) in [6, 6.07) is 18.4.